The lowest BCUT2D eigenvalue weighted by Gasteiger charge is -2.24. The first kappa shape index (κ1) is 14.2. The normalized spacial score (nSPS) is 12.2. The van der Waals surface area contributed by atoms with Gasteiger partial charge in [-0.1, -0.05) is 11.6 Å². The average molecular weight is 273 g/mol. The Balaban J connectivity index is 2.88. The molecule has 0 heterocycles. The molecule has 2 N–H and O–H groups in total. The van der Waals surface area contributed by atoms with Crippen molar-refractivity contribution >= 4 is 35.0 Å². The number of hydrogen-bond donors (Lipinski definition) is 1. The van der Waals surface area contributed by atoms with Gasteiger partial charge in [-0.05, 0) is 31.4 Å². The predicted octanol–water partition coefficient (Wildman–Crippen LogP) is 2.75. The van der Waals surface area contributed by atoms with Gasteiger partial charge in [-0.25, -0.2) is 0 Å². The molecule has 1 amide bonds. The van der Waals surface area contributed by atoms with Crippen molar-refractivity contribution in [2.75, 3.05) is 24.8 Å². The molecule has 0 aliphatic carbocycles. The highest BCUT2D eigenvalue weighted by molar-refractivity contribution is 7.98. The van der Waals surface area contributed by atoms with Gasteiger partial charge in [-0.15, -0.1) is 0 Å². The van der Waals surface area contributed by atoms with E-state index in [-0.39, 0.29) is 11.9 Å². The van der Waals surface area contributed by atoms with Gasteiger partial charge in [0.05, 0.1) is 10.6 Å². The first-order valence-corrected chi connectivity index (χ1v) is 7.05. The van der Waals surface area contributed by atoms with Crippen molar-refractivity contribution in [1.29, 1.82) is 0 Å². The second-order valence-corrected chi connectivity index (χ2v) is 5.28. The Morgan fingerprint density at radius 2 is 2.24 bits per heavy atom. The molecular weight excluding hydrogens is 256 g/mol. The van der Waals surface area contributed by atoms with Gasteiger partial charge in [-0.2, -0.15) is 11.8 Å². The van der Waals surface area contributed by atoms with Crippen LogP contribution in [0.4, 0.5) is 5.69 Å². The van der Waals surface area contributed by atoms with Gasteiger partial charge in [-0.3, -0.25) is 4.79 Å². The number of benzene rings is 1. The van der Waals surface area contributed by atoms with E-state index in [0.717, 1.165) is 5.75 Å². The lowest BCUT2D eigenvalue weighted by Crippen LogP contribution is -2.36. The van der Waals surface area contributed by atoms with E-state index >= 15 is 0 Å². The van der Waals surface area contributed by atoms with Crippen LogP contribution in [-0.2, 0) is 0 Å². The highest BCUT2D eigenvalue weighted by Gasteiger charge is 2.19. The quantitative estimate of drug-likeness (QED) is 0.858. The fourth-order valence-corrected chi connectivity index (χ4v) is 2.42. The van der Waals surface area contributed by atoms with E-state index in [0.29, 0.717) is 16.3 Å². The van der Waals surface area contributed by atoms with Crippen molar-refractivity contribution in [3.63, 3.8) is 0 Å². The summed E-state index contributed by atoms with van der Waals surface area (Å²) < 4.78 is 0. The number of thioether (sulfide) groups is 1. The van der Waals surface area contributed by atoms with Crippen LogP contribution in [0, 0.1) is 0 Å². The molecule has 1 rings (SSSR count). The molecule has 94 valence electrons. The minimum absolute atomic E-state index is 0.0726. The third kappa shape index (κ3) is 3.54. The van der Waals surface area contributed by atoms with E-state index in [2.05, 4.69) is 0 Å². The summed E-state index contributed by atoms with van der Waals surface area (Å²) in [6.45, 7) is 2.01. The van der Waals surface area contributed by atoms with Crippen LogP contribution in [-0.4, -0.2) is 35.9 Å². The molecule has 3 nitrogen and oxygen atoms in total. The highest BCUT2D eigenvalue weighted by atomic mass is 35.5. The molecule has 5 heteroatoms. The van der Waals surface area contributed by atoms with E-state index in [9.17, 15) is 4.79 Å². The topological polar surface area (TPSA) is 46.3 Å². The summed E-state index contributed by atoms with van der Waals surface area (Å²) in [4.78, 5) is 13.9. The van der Waals surface area contributed by atoms with Gasteiger partial charge in [0.15, 0.2) is 0 Å². The summed E-state index contributed by atoms with van der Waals surface area (Å²) in [7, 11) is 1.79. The minimum Gasteiger partial charge on any atom is -0.399 e. The second kappa shape index (κ2) is 6.17. The van der Waals surface area contributed by atoms with Crippen LogP contribution in [0.15, 0.2) is 18.2 Å². The first-order valence-electron chi connectivity index (χ1n) is 5.28. The zero-order valence-electron chi connectivity index (χ0n) is 10.2. The summed E-state index contributed by atoms with van der Waals surface area (Å²) in [6, 6.07) is 5.13. The second-order valence-electron chi connectivity index (χ2n) is 3.96. The first-order chi connectivity index (χ1) is 7.97. The van der Waals surface area contributed by atoms with E-state index in [4.69, 9.17) is 17.3 Å². The fourth-order valence-electron chi connectivity index (χ4n) is 1.45. The van der Waals surface area contributed by atoms with Crippen LogP contribution >= 0.6 is 23.4 Å². The van der Waals surface area contributed by atoms with Gasteiger partial charge < -0.3 is 10.6 Å². The van der Waals surface area contributed by atoms with Crippen molar-refractivity contribution in [3.8, 4) is 0 Å². The van der Waals surface area contributed by atoms with Gasteiger partial charge in [0.1, 0.15) is 0 Å². The Morgan fingerprint density at radius 3 is 2.76 bits per heavy atom. The molecule has 1 unspecified atom stereocenters. The summed E-state index contributed by atoms with van der Waals surface area (Å²) in [5.41, 5.74) is 6.66. The summed E-state index contributed by atoms with van der Waals surface area (Å²) in [6.07, 6.45) is 2.02. The van der Waals surface area contributed by atoms with Crippen molar-refractivity contribution in [3.05, 3.63) is 28.8 Å². The molecule has 0 aromatic heterocycles. The van der Waals surface area contributed by atoms with Gasteiger partial charge in [0, 0.05) is 24.5 Å². The molecule has 0 bridgehead atoms. The number of hydrogen-bond acceptors (Lipinski definition) is 3. The predicted molar refractivity (Wildman–Crippen MR) is 75.8 cm³/mol. The minimum atomic E-state index is -0.0726. The smallest absolute Gasteiger partial charge is 0.255 e. The maximum Gasteiger partial charge on any atom is 0.255 e. The van der Waals surface area contributed by atoms with Gasteiger partial charge in [0.25, 0.3) is 5.91 Å². The average Bonchev–Trinajstić information content (AvgIpc) is 2.27. The lowest BCUT2D eigenvalue weighted by atomic mass is 10.1. The van der Waals surface area contributed by atoms with Crippen molar-refractivity contribution < 1.29 is 4.79 Å². The summed E-state index contributed by atoms with van der Waals surface area (Å²) in [5.74, 6) is 0.825. The number of rotatable bonds is 4. The zero-order valence-corrected chi connectivity index (χ0v) is 11.8. The number of halogens is 1. The van der Waals surface area contributed by atoms with Crippen molar-refractivity contribution in [2.45, 2.75) is 13.0 Å². The van der Waals surface area contributed by atoms with Crippen molar-refractivity contribution in [1.82, 2.24) is 4.90 Å². The maximum atomic E-state index is 12.2. The number of anilines is 1. The van der Waals surface area contributed by atoms with E-state index in [1.54, 1.807) is 41.9 Å². The number of nitrogens with zero attached hydrogens (tertiary/aromatic N) is 1. The molecule has 0 saturated heterocycles. The molecule has 1 aromatic rings. The highest BCUT2D eigenvalue weighted by Crippen LogP contribution is 2.21. The Morgan fingerprint density at radius 1 is 1.59 bits per heavy atom. The van der Waals surface area contributed by atoms with Crippen LogP contribution in [0.5, 0.6) is 0 Å². The molecular formula is C12H17ClN2OS. The number of carbonyl (C=O) groups is 1. The monoisotopic (exact) mass is 272 g/mol. The summed E-state index contributed by atoms with van der Waals surface area (Å²) in [5, 5.41) is 0.401. The fraction of sp³-hybridized carbons (Fsp3) is 0.417. The third-order valence-electron chi connectivity index (χ3n) is 2.61. The molecule has 1 atom stereocenters. The number of carbonyl (C=O) groups excluding carboxylic acids is 1. The van der Waals surface area contributed by atoms with Crippen LogP contribution in [0.2, 0.25) is 5.02 Å². The summed E-state index contributed by atoms with van der Waals surface area (Å²) >= 11 is 7.73. The third-order valence-corrected chi connectivity index (χ3v) is 3.74. The molecule has 0 spiro atoms. The largest absolute Gasteiger partial charge is 0.399 e. The van der Waals surface area contributed by atoms with E-state index < -0.39 is 0 Å². The Labute approximate surface area is 111 Å². The Hall–Kier alpha value is -0.870. The SMILES string of the molecule is CSCC(C)N(C)C(=O)c1ccc(N)cc1Cl. The van der Waals surface area contributed by atoms with Crippen LogP contribution in [0.1, 0.15) is 17.3 Å². The van der Waals surface area contributed by atoms with Crippen LogP contribution in [0.25, 0.3) is 0 Å². The van der Waals surface area contributed by atoms with Crippen molar-refractivity contribution in [2.24, 2.45) is 0 Å². The Bertz CT molecular complexity index is 411. The zero-order chi connectivity index (χ0) is 13.0. The molecule has 1 aromatic carbocycles. The van der Waals surface area contributed by atoms with Gasteiger partial charge in [0.2, 0.25) is 0 Å². The number of nitrogens with two attached hydrogens (primary N) is 1. The van der Waals surface area contributed by atoms with Crippen LogP contribution in [0.3, 0.4) is 0 Å². The lowest BCUT2D eigenvalue weighted by molar-refractivity contribution is 0.0758. The van der Waals surface area contributed by atoms with Crippen LogP contribution < -0.4 is 5.73 Å². The Kier molecular flexibility index (Phi) is 5.15. The molecule has 0 aliphatic rings. The molecule has 0 fully saturated rings. The molecule has 0 radical (unpaired) electrons. The maximum absolute atomic E-state index is 12.2. The standard InChI is InChI=1S/C12H17ClN2OS/c1-8(7-17-3)15(2)12(16)10-5-4-9(14)6-11(10)13/h4-6,8H,7,14H2,1-3H3. The number of amides is 1. The molecule has 0 aliphatic heterocycles. The molecule has 0 saturated carbocycles. The molecule has 17 heavy (non-hydrogen) atoms. The van der Waals surface area contributed by atoms with E-state index in [1.807, 2.05) is 13.2 Å². The number of nitrogen functional groups attached to an aromatic ring is 1. The van der Waals surface area contributed by atoms with E-state index in [1.165, 1.54) is 0 Å². The van der Waals surface area contributed by atoms with Gasteiger partial charge >= 0.3 is 0 Å².